The Labute approximate surface area is 155 Å². The number of para-hydroxylation sites is 1. The summed E-state index contributed by atoms with van der Waals surface area (Å²) in [5, 5.41) is 6.11. The lowest BCUT2D eigenvalue weighted by Gasteiger charge is -2.15. The zero-order chi connectivity index (χ0) is 19.1. The molecule has 0 fully saturated rings. The smallest absolute Gasteiger partial charge is 0.252 e. The average Bonchev–Trinajstić information content (AvgIpc) is 3.01. The molecule has 0 amide bonds. The quantitative estimate of drug-likeness (QED) is 0.190. The third kappa shape index (κ3) is 2.65. The van der Waals surface area contributed by atoms with Gasteiger partial charge in [-0.25, -0.2) is 5.84 Å². The van der Waals surface area contributed by atoms with Crippen LogP contribution in [0.15, 0.2) is 58.4 Å². The second-order valence-electron chi connectivity index (χ2n) is 6.52. The summed E-state index contributed by atoms with van der Waals surface area (Å²) in [4.78, 5) is 19.0. The number of rotatable bonds is 2. The second-order valence-corrected chi connectivity index (χ2v) is 6.52. The lowest BCUT2D eigenvalue weighted by molar-refractivity contribution is 0.537. The van der Waals surface area contributed by atoms with Crippen LogP contribution in [0.5, 0.6) is 0 Å². The Bertz CT molecular complexity index is 1250. The van der Waals surface area contributed by atoms with Gasteiger partial charge in [-0.15, -0.1) is 0 Å². The molecule has 0 aliphatic carbocycles. The van der Waals surface area contributed by atoms with Crippen LogP contribution in [0, 0.1) is 6.92 Å². The molecule has 0 unspecified atom stereocenters. The molecule has 0 saturated heterocycles. The number of H-pyrrole nitrogens is 2. The van der Waals surface area contributed by atoms with Gasteiger partial charge in [-0.05, 0) is 24.6 Å². The standard InChI is InChI=1S/C20H20N6O/c1-11-16(12-6-5-7-13(10-12)19(25-21)26(2)22)18-17(24-20(11)27)14-8-3-4-9-15(14)23-18/h3-10,23H,21-22H2,1-2H3,(H,24,27)/b25-19-. The number of hydrazine groups is 1. The van der Waals surface area contributed by atoms with Crippen molar-refractivity contribution >= 4 is 27.8 Å². The van der Waals surface area contributed by atoms with Crippen LogP contribution in [0.4, 0.5) is 0 Å². The first-order chi connectivity index (χ1) is 13.0. The Morgan fingerprint density at radius 2 is 1.85 bits per heavy atom. The van der Waals surface area contributed by atoms with Crippen molar-refractivity contribution < 1.29 is 0 Å². The van der Waals surface area contributed by atoms with Crippen LogP contribution in [-0.2, 0) is 0 Å². The number of benzene rings is 2. The summed E-state index contributed by atoms with van der Waals surface area (Å²) in [5.74, 6) is 11.8. The molecule has 4 aromatic rings. The van der Waals surface area contributed by atoms with Crippen LogP contribution < -0.4 is 17.2 Å². The van der Waals surface area contributed by atoms with E-state index in [4.69, 9.17) is 11.7 Å². The molecule has 4 rings (SSSR count). The number of hydrazone groups is 1. The number of pyridine rings is 1. The highest BCUT2D eigenvalue weighted by Gasteiger charge is 2.16. The summed E-state index contributed by atoms with van der Waals surface area (Å²) in [6.07, 6.45) is 0. The molecule has 6 N–H and O–H groups in total. The van der Waals surface area contributed by atoms with Gasteiger partial charge in [0.15, 0.2) is 5.84 Å². The third-order valence-electron chi connectivity index (χ3n) is 4.78. The molecular formula is C20H20N6O. The van der Waals surface area contributed by atoms with Gasteiger partial charge in [0.05, 0.1) is 11.0 Å². The van der Waals surface area contributed by atoms with E-state index in [2.05, 4.69) is 15.1 Å². The van der Waals surface area contributed by atoms with Gasteiger partial charge in [0, 0.05) is 34.6 Å². The SMILES string of the molecule is Cc1c(-c2cccc(/C(=N/N)N(C)N)c2)c2[nH]c3ccccc3c2[nH]c1=O. The zero-order valence-electron chi connectivity index (χ0n) is 15.1. The number of nitrogens with one attached hydrogen (secondary N) is 2. The van der Waals surface area contributed by atoms with Gasteiger partial charge < -0.3 is 15.8 Å². The van der Waals surface area contributed by atoms with Crippen LogP contribution in [0.3, 0.4) is 0 Å². The maximum Gasteiger partial charge on any atom is 0.252 e. The van der Waals surface area contributed by atoms with Crippen molar-refractivity contribution in [2.45, 2.75) is 6.92 Å². The lowest BCUT2D eigenvalue weighted by atomic mass is 9.98. The van der Waals surface area contributed by atoms with E-state index in [0.29, 0.717) is 11.4 Å². The number of fused-ring (bicyclic) bond motifs is 3. The number of aromatic nitrogens is 2. The monoisotopic (exact) mass is 360 g/mol. The van der Waals surface area contributed by atoms with E-state index in [1.807, 2.05) is 55.5 Å². The van der Waals surface area contributed by atoms with Gasteiger partial charge in [0.2, 0.25) is 0 Å². The molecule has 0 aliphatic rings. The second kappa shape index (κ2) is 6.30. The topological polar surface area (TPSA) is 116 Å². The van der Waals surface area contributed by atoms with E-state index in [9.17, 15) is 4.79 Å². The number of hydrogen-bond donors (Lipinski definition) is 4. The van der Waals surface area contributed by atoms with E-state index in [1.54, 1.807) is 7.05 Å². The minimum absolute atomic E-state index is 0.115. The summed E-state index contributed by atoms with van der Waals surface area (Å²) in [6.45, 7) is 1.82. The molecule has 2 aromatic heterocycles. The van der Waals surface area contributed by atoms with Gasteiger partial charge >= 0.3 is 0 Å². The molecule has 7 heteroatoms. The van der Waals surface area contributed by atoms with Crippen molar-refractivity contribution in [3.05, 3.63) is 70.0 Å². The highest BCUT2D eigenvalue weighted by Crippen LogP contribution is 2.33. The first-order valence-corrected chi connectivity index (χ1v) is 8.51. The highest BCUT2D eigenvalue weighted by atomic mass is 16.1. The molecule has 0 radical (unpaired) electrons. The van der Waals surface area contributed by atoms with Crippen molar-refractivity contribution in [2.75, 3.05) is 7.05 Å². The fraction of sp³-hybridized carbons (Fsp3) is 0.100. The van der Waals surface area contributed by atoms with Crippen LogP contribution in [0.2, 0.25) is 0 Å². The first kappa shape index (κ1) is 16.9. The molecule has 7 nitrogen and oxygen atoms in total. The Morgan fingerprint density at radius 3 is 2.59 bits per heavy atom. The van der Waals surface area contributed by atoms with Crippen molar-refractivity contribution in [3.63, 3.8) is 0 Å². The number of nitrogens with zero attached hydrogens (tertiary/aromatic N) is 2. The van der Waals surface area contributed by atoms with Crippen molar-refractivity contribution in [1.29, 1.82) is 0 Å². The predicted molar refractivity (Wildman–Crippen MR) is 109 cm³/mol. The number of aromatic amines is 2. The fourth-order valence-electron chi connectivity index (χ4n) is 3.51. The summed E-state index contributed by atoms with van der Waals surface area (Å²) in [7, 11) is 1.67. The fourth-order valence-corrected chi connectivity index (χ4v) is 3.51. The van der Waals surface area contributed by atoms with E-state index in [0.717, 1.165) is 38.6 Å². The zero-order valence-corrected chi connectivity index (χ0v) is 15.1. The Balaban J connectivity index is 2.05. The van der Waals surface area contributed by atoms with Crippen LogP contribution in [0.25, 0.3) is 33.1 Å². The molecule has 0 bridgehead atoms. The maximum absolute atomic E-state index is 12.6. The highest BCUT2D eigenvalue weighted by molar-refractivity contribution is 6.10. The van der Waals surface area contributed by atoms with Crippen LogP contribution >= 0.6 is 0 Å². The number of hydrogen-bond acceptors (Lipinski definition) is 4. The van der Waals surface area contributed by atoms with Crippen LogP contribution in [-0.4, -0.2) is 27.9 Å². The molecule has 0 aliphatic heterocycles. The minimum Gasteiger partial charge on any atom is -0.353 e. The molecule has 2 aromatic carbocycles. The largest absolute Gasteiger partial charge is 0.353 e. The molecule has 0 spiro atoms. The Hall–Kier alpha value is -3.58. The van der Waals surface area contributed by atoms with Gasteiger partial charge in [0.25, 0.3) is 5.56 Å². The van der Waals surface area contributed by atoms with Crippen molar-refractivity contribution in [1.82, 2.24) is 15.0 Å². The molecular weight excluding hydrogens is 340 g/mol. The Morgan fingerprint density at radius 1 is 1.07 bits per heavy atom. The van der Waals surface area contributed by atoms with Gasteiger partial charge in [-0.3, -0.25) is 9.80 Å². The van der Waals surface area contributed by atoms with E-state index in [1.165, 1.54) is 5.01 Å². The number of nitrogens with two attached hydrogens (primary N) is 2. The van der Waals surface area contributed by atoms with E-state index in [-0.39, 0.29) is 5.56 Å². The maximum atomic E-state index is 12.6. The van der Waals surface area contributed by atoms with E-state index >= 15 is 0 Å². The lowest BCUT2D eigenvalue weighted by Crippen LogP contribution is -2.34. The normalized spacial score (nSPS) is 12.0. The predicted octanol–water partition coefficient (Wildman–Crippen LogP) is 2.41. The summed E-state index contributed by atoms with van der Waals surface area (Å²) >= 11 is 0. The number of amidine groups is 1. The van der Waals surface area contributed by atoms with Crippen molar-refractivity contribution in [2.24, 2.45) is 16.8 Å². The van der Waals surface area contributed by atoms with Gasteiger partial charge in [0.1, 0.15) is 0 Å². The first-order valence-electron chi connectivity index (χ1n) is 8.51. The summed E-state index contributed by atoms with van der Waals surface area (Å²) in [6, 6.07) is 15.6. The molecule has 0 atom stereocenters. The van der Waals surface area contributed by atoms with Crippen LogP contribution in [0.1, 0.15) is 11.1 Å². The summed E-state index contributed by atoms with van der Waals surface area (Å²) < 4.78 is 0. The summed E-state index contributed by atoms with van der Waals surface area (Å²) in [5.41, 5.74) is 5.68. The molecule has 0 saturated carbocycles. The van der Waals surface area contributed by atoms with Gasteiger partial charge in [-0.2, -0.15) is 5.10 Å². The molecule has 136 valence electrons. The molecule has 2 heterocycles. The minimum atomic E-state index is -0.115. The Kier molecular flexibility index (Phi) is 3.93. The average molecular weight is 360 g/mol. The van der Waals surface area contributed by atoms with E-state index < -0.39 is 0 Å². The van der Waals surface area contributed by atoms with Crippen molar-refractivity contribution in [3.8, 4) is 11.1 Å². The van der Waals surface area contributed by atoms with Gasteiger partial charge in [-0.1, -0.05) is 36.4 Å². The third-order valence-corrected chi connectivity index (χ3v) is 4.78. The molecule has 27 heavy (non-hydrogen) atoms.